The molecule has 5 heteroatoms. The monoisotopic (exact) mass is 216 g/mol. The van der Waals surface area contributed by atoms with Gasteiger partial charge in [-0.1, -0.05) is 6.07 Å². The molecule has 0 heterocycles. The molecule has 1 rings (SSSR count). The number of hydrazine groups is 1. The third-order valence-electron chi connectivity index (χ3n) is 2.08. The molecule has 0 aliphatic carbocycles. The Hall–Kier alpha value is -1.04. The summed E-state index contributed by atoms with van der Waals surface area (Å²) in [6.07, 6.45) is 0.358. The molecule has 0 fully saturated rings. The normalized spacial score (nSPS) is 12.8. The minimum atomic E-state index is -0.583. The number of rotatable bonds is 5. The lowest BCUT2D eigenvalue weighted by atomic mass is 10.1. The lowest BCUT2D eigenvalue weighted by Gasteiger charge is -2.14. The van der Waals surface area contributed by atoms with E-state index in [1.807, 2.05) is 0 Å². The average Bonchev–Trinajstić information content (AvgIpc) is 2.21. The Kier molecular flexibility index (Phi) is 4.61. The van der Waals surface area contributed by atoms with Gasteiger partial charge in [-0.3, -0.25) is 11.3 Å². The quantitative estimate of drug-likeness (QED) is 0.570. The summed E-state index contributed by atoms with van der Waals surface area (Å²) in [5.41, 5.74) is 2.92. The van der Waals surface area contributed by atoms with Gasteiger partial charge in [0.05, 0.1) is 6.61 Å². The Balaban J connectivity index is 2.70. The summed E-state index contributed by atoms with van der Waals surface area (Å²) in [6.45, 7) is 0.368. The minimum absolute atomic E-state index is 0.185. The molecule has 1 atom stereocenters. The van der Waals surface area contributed by atoms with Crippen molar-refractivity contribution in [2.75, 3.05) is 13.7 Å². The Morgan fingerprint density at radius 1 is 1.47 bits per heavy atom. The van der Waals surface area contributed by atoms with Gasteiger partial charge in [0.2, 0.25) is 0 Å². The van der Waals surface area contributed by atoms with Gasteiger partial charge in [0, 0.05) is 19.2 Å². The van der Waals surface area contributed by atoms with Gasteiger partial charge in [-0.05, 0) is 18.1 Å². The molecule has 0 aliphatic heterocycles. The average molecular weight is 216 g/mol. The largest absolute Gasteiger partial charge is 0.383 e. The Bertz CT molecular complexity index is 320. The summed E-state index contributed by atoms with van der Waals surface area (Å²) < 4.78 is 30.7. The third kappa shape index (κ3) is 3.54. The van der Waals surface area contributed by atoms with Crippen LogP contribution in [0.4, 0.5) is 8.78 Å². The summed E-state index contributed by atoms with van der Waals surface area (Å²) in [7, 11) is 1.53. The van der Waals surface area contributed by atoms with E-state index in [1.165, 1.54) is 19.2 Å². The first-order valence-corrected chi connectivity index (χ1v) is 4.56. The molecule has 0 aliphatic rings. The number of hydrogen-bond donors (Lipinski definition) is 2. The highest BCUT2D eigenvalue weighted by Crippen LogP contribution is 2.11. The van der Waals surface area contributed by atoms with Crippen LogP contribution in [0.5, 0.6) is 0 Å². The van der Waals surface area contributed by atoms with E-state index in [1.54, 1.807) is 0 Å². The van der Waals surface area contributed by atoms with E-state index < -0.39 is 11.6 Å². The molecule has 1 aromatic carbocycles. The van der Waals surface area contributed by atoms with Crippen molar-refractivity contribution in [1.82, 2.24) is 5.43 Å². The van der Waals surface area contributed by atoms with Crippen molar-refractivity contribution in [3.8, 4) is 0 Å². The maximum absolute atomic E-state index is 13.2. The number of ether oxygens (including phenoxy) is 1. The van der Waals surface area contributed by atoms with Crippen LogP contribution in [0.3, 0.4) is 0 Å². The highest BCUT2D eigenvalue weighted by atomic mass is 19.1. The van der Waals surface area contributed by atoms with Gasteiger partial charge in [-0.15, -0.1) is 0 Å². The molecule has 0 spiro atoms. The second kappa shape index (κ2) is 5.75. The van der Waals surface area contributed by atoms with Crippen molar-refractivity contribution in [3.63, 3.8) is 0 Å². The molecule has 0 saturated heterocycles. The van der Waals surface area contributed by atoms with Crippen LogP contribution in [-0.4, -0.2) is 19.8 Å². The maximum Gasteiger partial charge on any atom is 0.129 e. The zero-order valence-corrected chi connectivity index (χ0v) is 8.47. The first-order chi connectivity index (χ1) is 7.17. The van der Waals surface area contributed by atoms with E-state index in [0.29, 0.717) is 18.6 Å². The van der Waals surface area contributed by atoms with Crippen LogP contribution in [0.25, 0.3) is 0 Å². The first kappa shape index (κ1) is 12.0. The van der Waals surface area contributed by atoms with E-state index >= 15 is 0 Å². The summed E-state index contributed by atoms with van der Waals surface area (Å²) in [5.74, 6) is 4.11. The summed E-state index contributed by atoms with van der Waals surface area (Å²) in [4.78, 5) is 0. The van der Waals surface area contributed by atoms with E-state index in [2.05, 4.69) is 5.43 Å². The molecular formula is C10H14F2N2O. The van der Waals surface area contributed by atoms with E-state index in [9.17, 15) is 8.78 Å². The number of nitrogens with one attached hydrogen (secondary N) is 1. The number of halogens is 2. The second-order valence-corrected chi connectivity index (χ2v) is 3.26. The van der Waals surface area contributed by atoms with Gasteiger partial charge in [0.25, 0.3) is 0 Å². The first-order valence-electron chi connectivity index (χ1n) is 4.56. The van der Waals surface area contributed by atoms with Gasteiger partial charge in [0.1, 0.15) is 11.6 Å². The number of nitrogens with two attached hydrogens (primary N) is 1. The molecule has 3 N–H and O–H groups in total. The van der Waals surface area contributed by atoms with Crippen LogP contribution in [-0.2, 0) is 11.2 Å². The summed E-state index contributed by atoms with van der Waals surface area (Å²) in [6, 6.07) is 3.30. The molecular weight excluding hydrogens is 202 g/mol. The molecule has 1 unspecified atom stereocenters. The fourth-order valence-electron chi connectivity index (χ4n) is 1.32. The highest BCUT2D eigenvalue weighted by molar-refractivity contribution is 5.19. The predicted octanol–water partition coefficient (Wildman–Crippen LogP) is 0.986. The topological polar surface area (TPSA) is 47.3 Å². The summed E-state index contributed by atoms with van der Waals surface area (Å²) >= 11 is 0. The SMILES string of the molecule is COCC(Cc1ccc(F)cc1F)NN. The second-order valence-electron chi connectivity index (χ2n) is 3.26. The molecule has 84 valence electrons. The molecule has 0 radical (unpaired) electrons. The number of benzene rings is 1. The smallest absolute Gasteiger partial charge is 0.129 e. The third-order valence-corrected chi connectivity index (χ3v) is 2.08. The van der Waals surface area contributed by atoms with Crippen LogP contribution in [0, 0.1) is 11.6 Å². The molecule has 3 nitrogen and oxygen atoms in total. The van der Waals surface area contributed by atoms with Gasteiger partial charge in [0.15, 0.2) is 0 Å². The van der Waals surface area contributed by atoms with Crippen LogP contribution in [0.1, 0.15) is 5.56 Å². The standard InChI is InChI=1S/C10H14F2N2O/c1-15-6-9(14-13)4-7-2-3-8(11)5-10(7)12/h2-3,5,9,14H,4,6,13H2,1H3. The highest BCUT2D eigenvalue weighted by Gasteiger charge is 2.11. The predicted molar refractivity (Wildman–Crippen MR) is 53.0 cm³/mol. The van der Waals surface area contributed by atoms with Gasteiger partial charge < -0.3 is 4.74 Å². The van der Waals surface area contributed by atoms with Crippen molar-refractivity contribution in [2.24, 2.45) is 5.84 Å². The lowest BCUT2D eigenvalue weighted by molar-refractivity contribution is 0.166. The van der Waals surface area contributed by atoms with E-state index in [-0.39, 0.29) is 6.04 Å². The van der Waals surface area contributed by atoms with Crippen molar-refractivity contribution >= 4 is 0 Å². The van der Waals surface area contributed by atoms with Crippen LogP contribution in [0.2, 0.25) is 0 Å². The van der Waals surface area contributed by atoms with Crippen molar-refractivity contribution < 1.29 is 13.5 Å². The zero-order valence-electron chi connectivity index (χ0n) is 8.47. The molecule has 0 amide bonds. The number of hydrogen-bond acceptors (Lipinski definition) is 3. The molecule has 0 bridgehead atoms. The Morgan fingerprint density at radius 2 is 2.20 bits per heavy atom. The van der Waals surface area contributed by atoms with Crippen molar-refractivity contribution in [2.45, 2.75) is 12.5 Å². The van der Waals surface area contributed by atoms with Gasteiger partial charge in [-0.2, -0.15) is 0 Å². The van der Waals surface area contributed by atoms with Crippen molar-refractivity contribution in [3.05, 3.63) is 35.4 Å². The van der Waals surface area contributed by atoms with Crippen LogP contribution >= 0.6 is 0 Å². The number of methoxy groups -OCH3 is 1. The molecule has 15 heavy (non-hydrogen) atoms. The maximum atomic E-state index is 13.2. The molecule has 0 saturated carbocycles. The minimum Gasteiger partial charge on any atom is -0.383 e. The van der Waals surface area contributed by atoms with E-state index in [4.69, 9.17) is 10.6 Å². The van der Waals surface area contributed by atoms with Crippen molar-refractivity contribution in [1.29, 1.82) is 0 Å². The molecule has 0 aromatic heterocycles. The van der Waals surface area contributed by atoms with Gasteiger partial charge >= 0.3 is 0 Å². The Morgan fingerprint density at radius 3 is 2.73 bits per heavy atom. The van der Waals surface area contributed by atoms with Crippen LogP contribution < -0.4 is 11.3 Å². The Labute approximate surface area is 87.2 Å². The van der Waals surface area contributed by atoms with Gasteiger partial charge in [-0.25, -0.2) is 8.78 Å². The lowest BCUT2D eigenvalue weighted by Crippen LogP contribution is -2.40. The summed E-state index contributed by atoms with van der Waals surface area (Å²) in [5, 5.41) is 0. The van der Waals surface area contributed by atoms with E-state index in [0.717, 1.165) is 6.07 Å². The zero-order chi connectivity index (χ0) is 11.3. The fraction of sp³-hybridized carbons (Fsp3) is 0.400. The fourth-order valence-corrected chi connectivity index (χ4v) is 1.32. The molecule has 1 aromatic rings. The van der Waals surface area contributed by atoms with Crippen LogP contribution in [0.15, 0.2) is 18.2 Å².